The number of nitrogens with one attached hydrogen (secondary N) is 3. The summed E-state index contributed by atoms with van der Waals surface area (Å²) in [6.07, 6.45) is 3.99. The zero-order valence-corrected chi connectivity index (χ0v) is 28.0. The Morgan fingerprint density at radius 2 is 1.73 bits per heavy atom. The number of furan rings is 1. The van der Waals surface area contributed by atoms with E-state index in [-0.39, 0.29) is 78.2 Å². The van der Waals surface area contributed by atoms with Crippen molar-refractivity contribution in [2.75, 3.05) is 26.3 Å². The lowest BCUT2D eigenvalue weighted by molar-refractivity contribution is -0.156. The Morgan fingerprint density at radius 1 is 1.02 bits per heavy atom. The average Bonchev–Trinajstić information content (AvgIpc) is 3.63. The van der Waals surface area contributed by atoms with Crippen LogP contribution in [0.1, 0.15) is 79.9 Å². The molecule has 2 aromatic rings. The normalized spacial score (nSPS) is 18.1. The topological polar surface area (TPSA) is 187 Å². The maximum atomic E-state index is 14.1. The highest BCUT2D eigenvalue weighted by Crippen LogP contribution is 2.39. The van der Waals surface area contributed by atoms with E-state index in [2.05, 4.69) is 10.6 Å². The SMILES string of the molecule is CCOC(=O)NC(=N)c1ccccc1C(=O)NC1=CC=C(OC(=O)c2ccco2)CC1(C(=O)CC)N1CCC(OCC(=O)OC(C)C)CC1. The Morgan fingerprint density at radius 3 is 2.37 bits per heavy atom. The van der Waals surface area contributed by atoms with Crippen molar-refractivity contribution in [3.05, 3.63) is 83.2 Å². The molecule has 0 radical (unpaired) electrons. The second kappa shape index (κ2) is 16.8. The molecule has 1 atom stereocenters. The van der Waals surface area contributed by atoms with Crippen LogP contribution in [0.15, 0.2) is 70.7 Å². The fourth-order valence-corrected chi connectivity index (χ4v) is 5.81. The Hall–Kier alpha value is -5.08. The van der Waals surface area contributed by atoms with Crippen molar-refractivity contribution in [2.45, 2.75) is 71.1 Å². The Kier molecular flexibility index (Phi) is 12.6. The van der Waals surface area contributed by atoms with Gasteiger partial charge >= 0.3 is 18.0 Å². The molecule has 1 aromatic heterocycles. The van der Waals surface area contributed by atoms with Gasteiger partial charge in [0.05, 0.1) is 30.6 Å². The summed E-state index contributed by atoms with van der Waals surface area (Å²) in [7, 11) is 0. The zero-order chi connectivity index (χ0) is 35.6. The number of likely N-dealkylation sites (tertiary alicyclic amines) is 1. The highest BCUT2D eigenvalue weighted by atomic mass is 16.6. The van der Waals surface area contributed by atoms with Gasteiger partial charge in [0, 0.05) is 37.2 Å². The molecule has 1 aromatic carbocycles. The number of amides is 2. The number of piperidine rings is 1. The summed E-state index contributed by atoms with van der Waals surface area (Å²) in [6.45, 7) is 7.47. The molecule has 3 N–H and O–H groups in total. The summed E-state index contributed by atoms with van der Waals surface area (Å²) >= 11 is 0. The molecule has 1 fully saturated rings. The van der Waals surface area contributed by atoms with Gasteiger partial charge in [0.25, 0.3) is 5.91 Å². The van der Waals surface area contributed by atoms with Gasteiger partial charge in [0.2, 0.25) is 5.76 Å². The van der Waals surface area contributed by atoms with Gasteiger partial charge in [-0.2, -0.15) is 0 Å². The molecule has 0 bridgehead atoms. The van der Waals surface area contributed by atoms with E-state index in [9.17, 15) is 24.0 Å². The number of amidine groups is 1. The number of alkyl carbamates (subject to hydrolysis) is 1. The number of nitrogens with zero attached hydrogens (tertiary/aromatic N) is 1. The summed E-state index contributed by atoms with van der Waals surface area (Å²) in [5.74, 6) is -2.23. The summed E-state index contributed by atoms with van der Waals surface area (Å²) in [6, 6.07) is 9.26. The van der Waals surface area contributed by atoms with Crippen molar-refractivity contribution < 1.29 is 47.3 Å². The van der Waals surface area contributed by atoms with Crippen LogP contribution in [0.3, 0.4) is 0 Å². The predicted molar refractivity (Wildman–Crippen MR) is 176 cm³/mol. The molecule has 2 heterocycles. The number of esters is 2. The zero-order valence-electron chi connectivity index (χ0n) is 28.0. The van der Waals surface area contributed by atoms with Crippen molar-refractivity contribution in [2.24, 2.45) is 0 Å². The van der Waals surface area contributed by atoms with E-state index in [0.29, 0.717) is 25.9 Å². The molecule has 1 aliphatic heterocycles. The van der Waals surface area contributed by atoms with Crippen LogP contribution in [0.4, 0.5) is 4.79 Å². The molecule has 2 aliphatic rings. The van der Waals surface area contributed by atoms with Gasteiger partial charge in [-0.15, -0.1) is 0 Å². The van der Waals surface area contributed by atoms with Crippen LogP contribution in [-0.2, 0) is 28.5 Å². The van der Waals surface area contributed by atoms with E-state index in [0.717, 1.165) is 0 Å². The molecule has 1 unspecified atom stereocenters. The quantitative estimate of drug-likeness (QED) is 0.119. The van der Waals surface area contributed by atoms with Crippen LogP contribution in [0, 0.1) is 5.41 Å². The van der Waals surface area contributed by atoms with Crippen LogP contribution in [-0.4, -0.2) is 84.5 Å². The van der Waals surface area contributed by atoms with Crippen LogP contribution in [0.25, 0.3) is 0 Å². The van der Waals surface area contributed by atoms with Crippen LogP contribution in [0.2, 0.25) is 0 Å². The van der Waals surface area contributed by atoms with E-state index in [1.54, 1.807) is 45.9 Å². The first kappa shape index (κ1) is 36.8. The molecule has 14 nitrogen and oxygen atoms in total. The molecule has 4 rings (SSSR count). The number of ether oxygens (including phenoxy) is 4. The number of Topliss-reactive ketones (excluding diaryl/α,β-unsaturated/α-hetero) is 1. The number of allylic oxidation sites excluding steroid dienone is 2. The summed E-state index contributed by atoms with van der Waals surface area (Å²) in [4.78, 5) is 66.9. The van der Waals surface area contributed by atoms with Gasteiger partial charge in [-0.3, -0.25) is 25.2 Å². The summed E-state index contributed by atoms with van der Waals surface area (Å²) in [5.41, 5.74) is -0.996. The Labute approximate surface area is 284 Å². The smallest absolute Gasteiger partial charge is 0.412 e. The second-order valence-electron chi connectivity index (χ2n) is 11.7. The van der Waals surface area contributed by atoms with E-state index in [4.69, 9.17) is 28.8 Å². The van der Waals surface area contributed by atoms with Gasteiger partial charge in [0.1, 0.15) is 23.7 Å². The number of ketones is 1. The van der Waals surface area contributed by atoms with Crippen molar-refractivity contribution in [1.29, 1.82) is 5.41 Å². The van der Waals surface area contributed by atoms with Gasteiger partial charge in [-0.25, -0.2) is 14.4 Å². The molecule has 1 saturated heterocycles. The first-order valence-electron chi connectivity index (χ1n) is 16.2. The molecule has 49 heavy (non-hydrogen) atoms. The number of carbonyl (C=O) groups is 5. The van der Waals surface area contributed by atoms with Crippen molar-refractivity contribution >= 4 is 35.6 Å². The highest BCUT2D eigenvalue weighted by Gasteiger charge is 2.50. The lowest BCUT2D eigenvalue weighted by Gasteiger charge is -2.48. The predicted octanol–water partition coefficient (Wildman–Crippen LogP) is 4.26. The molecule has 1 aliphatic carbocycles. The third-order valence-corrected chi connectivity index (χ3v) is 8.02. The molecule has 14 heteroatoms. The van der Waals surface area contributed by atoms with Crippen LogP contribution in [0.5, 0.6) is 0 Å². The monoisotopic (exact) mass is 678 g/mol. The van der Waals surface area contributed by atoms with E-state index in [1.165, 1.54) is 36.6 Å². The van der Waals surface area contributed by atoms with Crippen LogP contribution < -0.4 is 10.6 Å². The van der Waals surface area contributed by atoms with Gasteiger partial charge in [0.15, 0.2) is 5.78 Å². The largest absolute Gasteiger partial charge is 0.461 e. The molecule has 0 saturated carbocycles. The van der Waals surface area contributed by atoms with Crippen molar-refractivity contribution in [3.63, 3.8) is 0 Å². The van der Waals surface area contributed by atoms with E-state index < -0.39 is 29.5 Å². The first-order chi connectivity index (χ1) is 23.5. The summed E-state index contributed by atoms with van der Waals surface area (Å²) < 4.78 is 26.7. The minimum atomic E-state index is -1.45. The van der Waals surface area contributed by atoms with E-state index >= 15 is 0 Å². The number of hydrogen-bond donors (Lipinski definition) is 3. The molecular formula is C35H42N4O10. The number of rotatable bonds is 13. The fraction of sp³-hybridized carbons (Fsp3) is 0.429. The molecule has 2 amide bonds. The fourth-order valence-electron chi connectivity index (χ4n) is 5.81. The van der Waals surface area contributed by atoms with Crippen molar-refractivity contribution in [3.8, 4) is 0 Å². The Bertz CT molecular complexity index is 1610. The average molecular weight is 679 g/mol. The lowest BCUT2D eigenvalue weighted by Crippen LogP contribution is -2.62. The third-order valence-electron chi connectivity index (χ3n) is 8.02. The van der Waals surface area contributed by atoms with Crippen molar-refractivity contribution in [1.82, 2.24) is 15.5 Å². The maximum Gasteiger partial charge on any atom is 0.412 e. The highest BCUT2D eigenvalue weighted by molar-refractivity contribution is 6.12. The minimum absolute atomic E-state index is 0.0131. The van der Waals surface area contributed by atoms with E-state index in [1.807, 2.05) is 4.90 Å². The number of benzene rings is 1. The molecular weight excluding hydrogens is 636 g/mol. The minimum Gasteiger partial charge on any atom is -0.461 e. The third kappa shape index (κ3) is 9.09. The number of carbonyl (C=O) groups excluding carboxylic acids is 5. The Balaban J connectivity index is 1.64. The first-order valence-corrected chi connectivity index (χ1v) is 16.2. The molecule has 0 spiro atoms. The number of hydrogen-bond acceptors (Lipinski definition) is 12. The summed E-state index contributed by atoms with van der Waals surface area (Å²) in [5, 5.41) is 13.6. The van der Waals surface area contributed by atoms with Gasteiger partial charge in [-0.05, 0) is 64.0 Å². The molecule has 262 valence electrons. The second-order valence-corrected chi connectivity index (χ2v) is 11.7. The van der Waals surface area contributed by atoms with Crippen LogP contribution >= 0.6 is 0 Å². The van der Waals surface area contributed by atoms with Gasteiger partial charge < -0.3 is 28.7 Å². The van der Waals surface area contributed by atoms with Gasteiger partial charge in [-0.1, -0.05) is 25.1 Å². The maximum absolute atomic E-state index is 14.1. The lowest BCUT2D eigenvalue weighted by atomic mass is 9.78. The standard InChI is InChI=1S/C35H42N4O10/c1-5-29(40)35(39-17-15-23(16-18-39)47-21-30(41)48-22(3)4)20-24(49-33(43)27-12-9-19-46-27)13-14-28(35)37-32(42)26-11-8-7-10-25(26)31(36)38-34(44)45-6-2/h7-14,19,22-23H,5-6,15-18,20-21H2,1-4H3,(H,37,42)(H2,36,38,44).